The Morgan fingerprint density at radius 1 is 0.690 bits per heavy atom. The number of unbranched alkanes of at least 4 members (excludes halogenated alkanes) is 5. The van der Waals surface area contributed by atoms with Crippen LogP contribution in [0.15, 0.2) is 54.6 Å². The van der Waals surface area contributed by atoms with Crippen LogP contribution in [0.4, 0.5) is 0 Å². The van der Waals surface area contributed by atoms with Gasteiger partial charge < -0.3 is 20.7 Å². The molecular weight excluding hydrogens is 362 g/mol. The lowest BCUT2D eigenvalue weighted by atomic mass is 9.94. The molecule has 0 spiro atoms. The molecule has 4 nitrogen and oxygen atoms in total. The number of hydrogen-bond donors (Lipinski definition) is 3. The zero-order valence-corrected chi connectivity index (χ0v) is 17.6. The van der Waals surface area contributed by atoms with Crippen molar-refractivity contribution in [3.05, 3.63) is 65.7 Å². The largest absolute Gasteiger partial charge is 0.494 e. The maximum atomic E-state index is 9.25. The minimum absolute atomic E-state index is 0.211. The summed E-state index contributed by atoms with van der Waals surface area (Å²) in [6, 6.07) is 18.7. The standard InChI is InChI=1S/C25H37NO3/c26-25(20-27,21-28)18-17-23-13-15-24(16-14-23)29-19-9-4-2-1-3-6-10-22-11-7-5-8-12-22/h5,7-8,11-16,27-28H,1-4,6,9-10,17-21,26H2. The van der Waals surface area contributed by atoms with E-state index in [0.717, 1.165) is 30.8 Å². The van der Waals surface area contributed by atoms with Gasteiger partial charge in [-0.25, -0.2) is 0 Å². The normalized spacial score (nSPS) is 11.6. The van der Waals surface area contributed by atoms with Crippen molar-refractivity contribution in [1.29, 1.82) is 0 Å². The van der Waals surface area contributed by atoms with Crippen LogP contribution in [-0.2, 0) is 12.8 Å². The van der Waals surface area contributed by atoms with Gasteiger partial charge in [0, 0.05) is 0 Å². The van der Waals surface area contributed by atoms with E-state index in [4.69, 9.17) is 10.5 Å². The lowest BCUT2D eigenvalue weighted by molar-refractivity contribution is 0.115. The Labute approximate surface area is 175 Å². The number of aryl methyl sites for hydroxylation is 2. The third-order valence-electron chi connectivity index (χ3n) is 5.44. The predicted octanol–water partition coefficient (Wildman–Crippen LogP) is 4.26. The van der Waals surface area contributed by atoms with Gasteiger partial charge in [-0.15, -0.1) is 0 Å². The highest BCUT2D eigenvalue weighted by molar-refractivity contribution is 5.27. The lowest BCUT2D eigenvalue weighted by Crippen LogP contribution is -2.47. The first-order valence-electron chi connectivity index (χ1n) is 10.9. The zero-order chi connectivity index (χ0) is 20.8. The first-order valence-corrected chi connectivity index (χ1v) is 10.9. The summed E-state index contributed by atoms with van der Waals surface area (Å²) in [7, 11) is 0. The molecule has 0 aliphatic rings. The number of aliphatic hydroxyl groups excluding tert-OH is 2. The SMILES string of the molecule is NC(CO)(CO)CCc1ccc(OCCCCCCCCc2ccccc2)cc1. The Morgan fingerprint density at radius 2 is 1.28 bits per heavy atom. The van der Waals surface area contributed by atoms with Crippen LogP contribution in [0.3, 0.4) is 0 Å². The third kappa shape index (κ3) is 9.44. The Kier molecular flexibility index (Phi) is 10.8. The molecule has 0 atom stereocenters. The molecule has 4 heteroatoms. The molecule has 0 unspecified atom stereocenters. The summed E-state index contributed by atoms with van der Waals surface area (Å²) in [4.78, 5) is 0. The molecule has 4 N–H and O–H groups in total. The molecular formula is C25H37NO3. The van der Waals surface area contributed by atoms with Crippen molar-refractivity contribution in [2.75, 3.05) is 19.8 Å². The molecule has 0 bridgehead atoms. The van der Waals surface area contributed by atoms with Crippen LogP contribution in [0.25, 0.3) is 0 Å². The number of rotatable bonds is 15. The van der Waals surface area contributed by atoms with Gasteiger partial charge in [0.15, 0.2) is 0 Å². The fourth-order valence-corrected chi connectivity index (χ4v) is 3.33. The first-order chi connectivity index (χ1) is 14.1. The van der Waals surface area contributed by atoms with E-state index in [1.807, 2.05) is 24.3 Å². The fraction of sp³-hybridized carbons (Fsp3) is 0.520. The van der Waals surface area contributed by atoms with E-state index >= 15 is 0 Å². The van der Waals surface area contributed by atoms with Crippen LogP contribution < -0.4 is 10.5 Å². The summed E-state index contributed by atoms with van der Waals surface area (Å²) >= 11 is 0. The van der Waals surface area contributed by atoms with Gasteiger partial charge in [-0.2, -0.15) is 0 Å². The average molecular weight is 400 g/mol. The smallest absolute Gasteiger partial charge is 0.119 e. The van der Waals surface area contributed by atoms with Crippen molar-refractivity contribution in [2.24, 2.45) is 5.73 Å². The zero-order valence-electron chi connectivity index (χ0n) is 17.6. The molecule has 0 amide bonds. The second-order valence-electron chi connectivity index (χ2n) is 8.03. The Bertz CT molecular complexity index is 654. The van der Waals surface area contributed by atoms with Crippen LogP contribution in [0.2, 0.25) is 0 Å². The van der Waals surface area contributed by atoms with Crippen molar-refractivity contribution in [2.45, 2.75) is 63.3 Å². The molecule has 0 saturated heterocycles. The molecule has 160 valence electrons. The number of benzene rings is 2. The highest BCUT2D eigenvalue weighted by atomic mass is 16.5. The van der Waals surface area contributed by atoms with Crippen molar-refractivity contribution < 1.29 is 14.9 Å². The van der Waals surface area contributed by atoms with Crippen LogP contribution in [0.5, 0.6) is 5.75 Å². The van der Waals surface area contributed by atoms with Gasteiger partial charge in [0.05, 0.1) is 25.4 Å². The Balaban J connectivity index is 1.50. The minimum Gasteiger partial charge on any atom is -0.494 e. The van der Waals surface area contributed by atoms with Crippen molar-refractivity contribution in [1.82, 2.24) is 0 Å². The van der Waals surface area contributed by atoms with Gasteiger partial charge in [0.2, 0.25) is 0 Å². The molecule has 2 aromatic carbocycles. The van der Waals surface area contributed by atoms with E-state index in [1.54, 1.807) is 0 Å². The molecule has 0 aromatic heterocycles. The van der Waals surface area contributed by atoms with Crippen molar-refractivity contribution in [3.63, 3.8) is 0 Å². The summed E-state index contributed by atoms with van der Waals surface area (Å²) in [6.45, 7) is 0.333. The lowest BCUT2D eigenvalue weighted by Gasteiger charge is -2.24. The number of aliphatic hydroxyl groups is 2. The topological polar surface area (TPSA) is 75.7 Å². The molecule has 2 rings (SSSR count). The van der Waals surface area contributed by atoms with E-state index in [0.29, 0.717) is 6.42 Å². The molecule has 2 aromatic rings. The molecule has 0 heterocycles. The van der Waals surface area contributed by atoms with Crippen LogP contribution >= 0.6 is 0 Å². The van der Waals surface area contributed by atoms with Crippen LogP contribution in [0.1, 0.15) is 56.1 Å². The molecule has 0 fully saturated rings. The van der Waals surface area contributed by atoms with Crippen molar-refractivity contribution in [3.8, 4) is 5.75 Å². The van der Waals surface area contributed by atoms with Gasteiger partial charge in [0.25, 0.3) is 0 Å². The van der Waals surface area contributed by atoms with Crippen LogP contribution in [-0.4, -0.2) is 35.6 Å². The number of nitrogens with two attached hydrogens (primary N) is 1. The molecule has 29 heavy (non-hydrogen) atoms. The second-order valence-corrected chi connectivity index (χ2v) is 8.03. The third-order valence-corrected chi connectivity index (χ3v) is 5.44. The monoisotopic (exact) mass is 399 g/mol. The Hall–Kier alpha value is -1.88. The summed E-state index contributed by atoms with van der Waals surface area (Å²) in [5, 5.41) is 18.5. The van der Waals surface area contributed by atoms with Crippen molar-refractivity contribution >= 4 is 0 Å². The van der Waals surface area contributed by atoms with Gasteiger partial charge in [0.1, 0.15) is 5.75 Å². The second kappa shape index (κ2) is 13.4. The average Bonchev–Trinajstić information content (AvgIpc) is 2.78. The maximum absolute atomic E-state index is 9.25. The highest BCUT2D eigenvalue weighted by Crippen LogP contribution is 2.17. The highest BCUT2D eigenvalue weighted by Gasteiger charge is 2.22. The van der Waals surface area contributed by atoms with Crippen LogP contribution in [0, 0.1) is 0 Å². The Morgan fingerprint density at radius 3 is 1.93 bits per heavy atom. The quantitative estimate of drug-likeness (QED) is 0.391. The van der Waals surface area contributed by atoms with E-state index in [1.165, 1.54) is 44.1 Å². The molecule has 0 saturated carbocycles. The fourth-order valence-electron chi connectivity index (χ4n) is 3.33. The summed E-state index contributed by atoms with van der Waals surface area (Å²) in [6.07, 6.45) is 9.90. The van der Waals surface area contributed by atoms with Gasteiger partial charge in [-0.05, 0) is 55.4 Å². The van der Waals surface area contributed by atoms with E-state index < -0.39 is 5.54 Å². The molecule has 0 aliphatic heterocycles. The molecule has 0 aliphatic carbocycles. The van der Waals surface area contributed by atoms with E-state index in [2.05, 4.69) is 30.3 Å². The van der Waals surface area contributed by atoms with E-state index in [-0.39, 0.29) is 13.2 Å². The maximum Gasteiger partial charge on any atom is 0.119 e. The summed E-state index contributed by atoms with van der Waals surface area (Å²) < 4.78 is 5.83. The first kappa shape index (κ1) is 23.4. The number of ether oxygens (including phenoxy) is 1. The van der Waals surface area contributed by atoms with Gasteiger partial charge in [-0.1, -0.05) is 68.1 Å². The van der Waals surface area contributed by atoms with E-state index in [9.17, 15) is 10.2 Å². The minimum atomic E-state index is -0.906. The predicted molar refractivity (Wildman–Crippen MR) is 119 cm³/mol. The number of hydrogen-bond acceptors (Lipinski definition) is 4. The summed E-state index contributed by atoms with van der Waals surface area (Å²) in [5.74, 6) is 0.889. The summed E-state index contributed by atoms with van der Waals surface area (Å²) in [5.41, 5.74) is 7.57. The van der Waals surface area contributed by atoms with Gasteiger partial charge in [-0.3, -0.25) is 0 Å². The van der Waals surface area contributed by atoms with Gasteiger partial charge >= 0.3 is 0 Å². The molecule has 0 radical (unpaired) electrons.